The zero-order valence-electron chi connectivity index (χ0n) is 15.8. The van der Waals surface area contributed by atoms with Crippen LogP contribution in [0, 0.1) is 5.82 Å². The van der Waals surface area contributed by atoms with E-state index in [0.717, 1.165) is 5.56 Å². The lowest BCUT2D eigenvalue weighted by atomic mass is 10.1. The van der Waals surface area contributed by atoms with Crippen LogP contribution in [0.5, 0.6) is 0 Å². The number of nitrogens with zero attached hydrogens (tertiary/aromatic N) is 5. The summed E-state index contributed by atoms with van der Waals surface area (Å²) in [6.45, 7) is 0.0992. The van der Waals surface area contributed by atoms with Gasteiger partial charge in [0.2, 0.25) is 5.95 Å². The second-order valence-corrected chi connectivity index (χ2v) is 7.62. The van der Waals surface area contributed by atoms with Gasteiger partial charge in [-0.15, -0.1) is 10.2 Å². The van der Waals surface area contributed by atoms with Crippen LogP contribution < -0.4 is 10.2 Å². The zero-order valence-corrected chi connectivity index (χ0v) is 16.5. The van der Waals surface area contributed by atoms with Crippen LogP contribution in [0.1, 0.15) is 11.7 Å². The highest BCUT2D eigenvalue weighted by Crippen LogP contribution is 2.41. The van der Waals surface area contributed by atoms with Gasteiger partial charge in [0.25, 0.3) is 5.91 Å². The average Bonchev–Trinajstić information content (AvgIpc) is 3.28. The van der Waals surface area contributed by atoms with E-state index in [1.807, 2.05) is 0 Å². The Morgan fingerprint density at radius 1 is 1.10 bits per heavy atom. The molecule has 3 heterocycles. The summed E-state index contributed by atoms with van der Waals surface area (Å²) in [6.07, 6.45) is -0.672. The number of halogens is 2. The number of likely N-dealkylation sites (N-methyl/N-ethyl adjacent to an activating group) is 1. The number of hydrogen-bond donors (Lipinski definition) is 1. The fourth-order valence-electron chi connectivity index (χ4n) is 3.97. The van der Waals surface area contributed by atoms with Gasteiger partial charge in [-0.1, -0.05) is 29.8 Å². The van der Waals surface area contributed by atoms with E-state index in [9.17, 15) is 14.0 Å². The first-order valence-corrected chi connectivity index (χ1v) is 9.62. The molecule has 0 spiro atoms. The Bertz CT molecular complexity index is 1160. The lowest BCUT2D eigenvalue weighted by Crippen LogP contribution is -2.61. The van der Waals surface area contributed by atoms with Crippen LogP contribution in [0.4, 0.5) is 15.1 Å². The van der Waals surface area contributed by atoms with Crippen molar-refractivity contribution in [1.29, 1.82) is 0 Å². The maximum absolute atomic E-state index is 14.3. The molecule has 1 fully saturated rings. The third kappa shape index (κ3) is 2.73. The highest BCUT2D eigenvalue weighted by molar-refractivity contribution is 6.30. The standard InChI is InChI=1S/C20H16ClFN6O2/c1-26-18-15(17(29)23-20(26)30)27(10-12-4-2-3-5-14(12)22)19-25-24-16(28(18)19)11-6-8-13(21)9-7-11/h2-9,15,18H,10H2,1H3,(H,23,29,30). The number of carbonyl (C=O) groups is 2. The molecule has 0 radical (unpaired) electrons. The lowest BCUT2D eigenvalue weighted by Gasteiger charge is -2.37. The summed E-state index contributed by atoms with van der Waals surface area (Å²) >= 11 is 6.00. The first-order valence-electron chi connectivity index (χ1n) is 9.24. The van der Waals surface area contributed by atoms with Gasteiger partial charge in [-0.05, 0) is 30.3 Å². The van der Waals surface area contributed by atoms with Crippen molar-refractivity contribution in [3.63, 3.8) is 0 Å². The van der Waals surface area contributed by atoms with Crippen LogP contribution in [0.25, 0.3) is 11.4 Å². The molecule has 2 aliphatic heterocycles. The van der Waals surface area contributed by atoms with Gasteiger partial charge >= 0.3 is 6.03 Å². The minimum atomic E-state index is -0.774. The Morgan fingerprint density at radius 3 is 2.57 bits per heavy atom. The Balaban J connectivity index is 1.65. The van der Waals surface area contributed by atoms with Gasteiger partial charge in [-0.25, -0.2) is 9.18 Å². The van der Waals surface area contributed by atoms with E-state index >= 15 is 0 Å². The summed E-state index contributed by atoms with van der Waals surface area (Å²) < 4.78 is 16.1. The number of fused-ring (bicyclic) bond motifs is 3. The van der Waals surface area contributed by atoms with E-state index in [1.54, 1.807) is 59.0 Å². The Labute approximate surface area is 175 Å². The van der Waals surface area contributed by atoms with E-state index in [-0.39, 0.29) is 12.4 Å². The molecule has 0 bridgehead atoms. The molecule has 3 amide bonds. The quantitative estimate of drug-likeness (QED) is 0.696. The maximum Gasteiger partial charge on any atom is 0.325 e. The van der Waals surface area contributed by atoms with Crippen molar-refractivity contribution in [2.75, 3.05) is 11.9 Å². The van der Waals surface area contributed by atoms with Crippen LogP contribution in [0.3, 0.4) is 0 Å². The predicted molar refractivity (Wildman–Crippen MR) is 107 cm³/mol. The van der Waals surface area contributed by atoms with E-state index in [2.05, 4.69) is 15.5 Å². The van der Waals surface area contributed by atoms with Crippen molar-refractivity contribution in [1.82, 2.24) is 25.0 Å². The normalized spacial score (nSPS) is 20.2. The minimum Gasteiger partial charge on any atom is -0.320 e. The molecule has 2 aromatic carbocycles. The van der Waals surface area contributed by atoms with Gasteiger partial charge < -0.3 is 9.80 Å². The van der Waals surface area contributed by atoms with Crippen LogP contribution in [0.15, 0.2) is 48.5 Å². The highest BCUT2D eigenvalue weighted by atomic mass is 35.5. The van der Waals surface area contributed by atoms with E-state index in [1.165, 1.54) is 11.0 Å². The van der Waals surface area contributed by atoms with Crippen molar-refractivity contribution in [3.05, 3.63) is 64.9 Å². The molecular weight excluding hydrogens is 411 g/mol. The minimum absolute atomic E-state index is 0.0992. The van der Waals surface area contributed by atoms with Gasteiger partial charge in [-0.3, -0.25) is 14.7 Å². The summed E-state index contributed by atoms with van der Waals surface area (Å²) in [7, 11) is 1.60. The highest BCUT2D eigenvalue weighted by Gasteiger charge is 2.52. The first-order chi connectivity index (χ1) is 14.5. The Hall–Kier alpha value is -3.46. The molecule has 0 saturated carbocycles. The van der Waals surface area contributed by atoms with Crippen molar-refractivity contribution in [2.45, 2.75) is 18.8 Å². The molecular formula is C20H16ClFN6O2. The van der Waals surface area contributed by atoms with E-state index in [4.69, 9.17) is 11.6 Å². The smallest absolute Gasteiger partial charge is 0.320 e. The molecule has 10 heteroatoms. The summed E-state index contributed by atoms with van der Waals surface area (Å²) in [5.74, 6) is 0.0227. The lowest BCUT2D eigenvalue weighted by molar-refractivity contribution is -0.124. The number of amides is 3. The number of hydrogen-bond acceptors (Lipinski definition) is 5. The van der Waals surface area contributed by atoms with Gasteiger partial charge in [0.15, 0.2) is 11.9 Å². The molecule has 152 valence electrons. The van der Waals surface area contributed by atoms with Crippen LogP contribution in [-0.2, 0) is 11.3 Å². The largest absolute Gasteiger partial charge is 0.325 e. The number of aromatic nitrogens is 3. The third-order valence-corrected chi connectivity index (χ3v) is 5.69. The zero-order chi connectivity index (χ0) is 21.0. The molecule has 2 atom stereocenters. The number of anilines is 1. The molecule has 0 aliphatic carbocycles. The summed E-state index contributed by atoms with van der Waals surface area (Å²) in [4.78, 5) is 28.2. The second kappa shape index (κ2) is 6.81. The topological polar surface area (TPSA) is 83.4 Å². The number of urea groups is 1. The van der Waals surface area contributed by atoms with Gasteiger partial charge in [-0.2, -0.15) is 0 Å². The number of imide groups is 1. The van der Waals surface area contributed by atoms with E-state index < -0.39 is 24.1 Å². The third-order valence-electron chi connectivity index (χ3n) is 5.43. The number of rotatable bonds is 3. The Morgan fingerprint density at radius 2 is 1.83 bits per heavy atom. The SMILES string of the molecule is CN1C(=O)NC(=O)C2C1n1c(-c3ccc(Cl)cc3)nnc1N2Cc1ccccc1F. The van der Waals surface area contributed by atoms with Crippen molar-refractivity contribution >= 4 is 29.5 Å². The fourth-order valence-corrected chi connectivity index (χ4v) is 4.10. The summed E-state index contributed by atoms with van der Waals surface area (Å²) in [6, 6.07) is 12.1. The number of carbonyl (C=O) groups excluding carboxylic acids is 2. The molecule has 8 nitrogen and oxygen atoms in total. The summed E-state index contributed by atoms with van der Waals surface area (Å²) in [5, 5.41) is 11.5. The Kier molecular flexibility index (Phi) is 4.21. The van der Waals surface area contributed by atoms with Crippen molar-refractivity contribution in [2.24, 2.45) is 0 Å². The average molecular weight is 427 g/mol. The molecule has 1 aromatic heterocycles. The van der Waals surface area contributed by atoms with Gasteiger partial charge in [0.05, 0.1) is 0 Å². The molecule has 1 saturated heterocycles. The molecule has 5 rings (SSSR count). The van der Waals surface area contributed by atoms with E-state index in [0.29, 0.717) is 22.4 Å². The van der Waals surface area contributed by atoms with Crippen LogP contribution in [0.2, 0.25) is 5.02 Å². The summed E-state index contributed by atoms with van der Waals surface area (Å²) in [5.41, 5.74) is 1.14. The van der Waals surface area contributed by atoms with Gasteiger partial charge in [0.1, 0.15) is 12.0 Å². The van der Waals surface area contributed by atoms with Gasteiger partial charge in [0, 0.05) is 29.7 Å². The molecule has 1 N–H and O–H groups in total. The molecule has 2 aliphatic rings. The monoisotopic (exact) mass is 426 g/mol. The maximum atomic E-state index is 14.3. The molecule has 30 heavy (non-hydrogen) atoms. The van der Waals surface area contributed by atoms with Crippen molar-refractivity contribution in [3.8, 4) is 11.4 Å². The van der Waals surface area contributed by atoms with Crippen molar-refractivity contribution < 1.29 is 14.0 Å². The second-order valence-electron chi connectivity index (χ2n) is 7.18. The number of nitrogens with one attached hydrogen (secondary N) is 1. The fraction of sp³-hybridized carbons (Fsp3) is 0.200. The predicted octanol–water partition coefficient (Wildman–Crippen LogP) is 2.81. The number of benzene rings is 2. The molecule has 2 unspecified atom stereocenters. The molecule has 3 aromatic rings. The van der Waals surface area contributed by atoms with Crippen LogP contribution >= 0.6 is 11.6 Å². The first kappa shape index (κ1) is 18.6. The van der Waals surface area contributed by atoms with Crippen LogP contribution in [-0.4, -0.2) is 44.7 Å².